The molecule has 0 aliphatic carbocycles. The molecule has 0 aliphatic rings. The van der Waals surface area contributed by atoms with Crippen LogP contribution in [0, 0.1) is 0 Å². The summed E-state index contributed by atoms with van der Waals surface area (Å²) >= 11 is 1.39. The van der Waals surface area contributed by atoms with Crippen LogP contribution in [0.15, 0.2) is 52.9 Å². The van der Waals surface area contributed by atoms with Crippen molar-refractivity contribution in [1.82, 2.24) is 4.98 Å². The normalized spacial score (nSPS) is 11.0. The van der Waals surface area contributed by atoms with Gasteiger partial charge < -0.3 is 9.15 Å². The van der Waals surface area contributed by atoms with E-state index in [2.05, 4.69) is 10.3 Å². The van der Waals surface area contributed by atoms with E-state index >= 15 is 0 Å². The minimum absolute atomic E-state index is 0.262. The Bertz CT molecular complexity index is 986. The lowest BCUT2D eigenvalue weighted by molar-refractivity contribution is 0.0998. The summed E-state index contributed by atoms with van der Waals surface area (Å²) in [4.78, 5) is 16.8. The van der Waals surface area contributed by atoms with E-state index in [1.807, 2.05) is 42.5 Å². The van der Waals surface area contributed by atoms with Crippen LogP contribution < -0.4 is 10.1 Å². The van der Waals surface area contributed by atoms with E-state index in [9.17, 15) is 4.79 Å². The summed E-state index contributed by atoms with van der Waals surface area (Å²) < 4.78 is 11.8. The Morgan fingerprint density at radius 2 is 2.09 bits per heavy atom. The van der Waals surface area contributed by atoms with Crippen molar-refractivity contribution < 1.29 is 13.9 Å². The number of furan rings is 1. The van der Waals surface area contributed by atoms with Gasteiger partial charge in [0.05, 0.1) is 11.8 Å². The first-order valence-corrected chi connectivity index (χ1v) is 7.80. The van der Waals surface area contributed by atoms with Crippen LogP contribution >= 0.6 is 11.3 Å². The first kappa shape index (κ1) is 13.8. The van der Waals surface area contributed by atoms with Crippen LogP contribution in [0.3, 0.4) is 0 Å². The minimum atomic E-state index is -0.320. The number of rotatable bonds is 3. The number of aromatic nitrogens is 1. The van der Waals surface area contributed by atoms with Gasteiger partial charge in [0, 0.05) is 5.39 Å². The highest BCUT2D eigenvalue weighted by molar-refractivity contribution is 7.22. The number of benzene rings is 2. The van der Waals surface area contributed by atoms with Crippen LogP contribution in [-0.2, 0) is 0 Å². The molecule has 114 valence electrons. The van der Waals surface area contributed by atoms with Gasteiger partial charge in [-0.2, -0.15) is 0 Å². The molecule has 2 aromatic carbocycles. The molecule has 6 heteroatoms. The number of ether oxygens (including phenoxy) is 1. The summed E-state index contributed by atoms with van der Waals surface area (Å²) in [5, 5.41) is 4.18. The molecule has 0 saturated carbocycles. The molecule has 2 aromatic heterocycles. The molecule has 0 radical (unpaired) electrons. The van der Waals surface area contributed by atoms with Crippen molar-refractivity contribution in [2.45, 2.75) is 0 Å². The number of fused-ring (bicyclic) bond motifs is 2. The van der Waals surface area contributed by atoms with Crippen molar-refractivity contribution >= 4 is 43.6 Å². The standard InChI is InChI=1S/C17H12N2O3S/c1-21-12-7-4-8-14-15(12)18-17(23-14)19-16(20)13-9-10-5-2-3-6-11(10)22-13/h2-9H,1H3,(H,18,19,20). The van der Waals surface area contributed by atoms with E-state index in [1.165, 1.54) is 11.3 Å². The number of carbonyl (C=O) groups is 1. The third-order valence-electron chi connectivity index (χ3n) is 3.47. The van der Waals surface area contributed by atoms with Gasteiger partial charge >= 0.3 is 0 Å². The molecule has 4 aromatic rings. The summed E-state index contributed by atoms with van der Waals surface area (Å²) in [6.07, 6.45) is 0. The largest absolute Gasteiger partial charge is 0.494 e. The molecule has 2 heterocycles. The summed E-state index contributed by atoms with van der Waals surface area (Å²) in [5.74, 6) is 0.625. The van der Waals surface area contributed by atoms with Crippen molar-refractivity contribution in [1.29, 1.82) is 0 Å². The topological polar surface area (TPSA) is 64.4 Å². The second kappa shape index (κ2) is 5.40. The van der Waals surface area contributed by atoms with Crippen LogP contribution in [0.4, 0.5) is 5.13 Å². The van der Waals surface area contributed by atoms with Crippen molar-refractivity contribution in [3.8, 4) is 5.75 Å². The fraction of sp³-hybridized carbons (Fsp3) is 0.0588. The number of nitrogens with one attached hydrogen (secondary N) is 1. The van der Waals surface area contributed by atoms with Gasteiger partial charge in [0.25, 0.3) is 5.91 Å². The molecule has 1 N–H and O–H groups in total. The number of nitrogens with zero attached hydrogens (tertiary/aromatic N) is 1. The van der Waals surface area contributed by atoms with Crippen LogP contribution in [-0.4, -0.2) is 18.0 Å². The lowest BCUT2D eigenvalue weighted by Crippen LogP contribution is -2.10. The van der Waals surface area contributed by atoms with Crippen molar-refractivity contribution in [3.63, 3.8) is 0 Å². The van der Waals surface area contributed by atoms with Gasteiger partial charge in [-0.05, 0) is 24.3 Å². The lowest BCUT2D eigenvalue weighted by Gasteiger charge is -1.98. The molecule has 1 amide bonds. The van der Waals surface area contributed by atoms with Crippen LogP contribution in [0.2, 0.25) is 0 Å². The van der Waals surface area contributed by atoms with Gasteiger partial charge in [-0.15, -0.1) is 0 Å². The maximum atomic E-state index is 12.3. The molecule has 0 fully saturated rings. The molecular weight excluding hydrogens is 312 g/mol. The zero-order valence-corrected chi connectivity index (χ0v) is 13.0. The molecule has 0 bridgehead atoms. The van der Waals surface area contributed by atoms with Crippen LogP contribution in [0.1, 0.15) is 10.6 Å². The Labute approximate surface area is 135 Å². The van der Waals surface area contributed by atoms with E-state index in [0.717, 1.165) is 15.6 Å². The molecule has 0 spiro atoms. The molecule has 0 saturated heterocycles. The summed E-state index contributed by atoms with van der Waals surface area (Å²) in [7, 11) is 1.60. The fourth-order valence-electron chi connectivity index (χ4n) is 2.39. The predicted octanol–water partition coefficient (Wildman–Crippen LogP) is 4.30. The van der Waals surface area contributed by atoms with Gasteiger partial charge in [-0.3, -0.25) is 10.1 Å². The van der Waals surface area contributed by atoms with Gasteiger partial charge in [-0.1, -0.05) is 35.6 Å². The van der Waals surface area contributed by atoms with Crippen molar-refractivity contribution in [3.05, 3.63) is 54.3 Å². The second-order valence-corrected chi connectivity index (χ2v) is 5.96. The molecule has 0 aliphatic heterocycles. The highest BCUT2D eigenvalue weighted by Gasteiger charge is 2.15. The quantitative estimate of drug-likeness (QED) is 0.610. The molecule has 0 unspecified atom stereocenters. The third-order valence-corrected chi connectivity index (χ3v) is 4.41. The number of thiazole rings is 1. The van der Waals surface area contributed by atoms with E-state index in [4.69, 9.17) is 9.15 Å². The number of hydrogen-bond acceptors (Lipinski definition) is 5. The SMILES string of the molecule is COc1cccc2sc(NC(=O)c3cc4ccccc4o3)nc12. The number of hydrogen-bond donors (Lipinski definition) is 1. The lowest BCUT2D eigenvalue weighted by atomic mass is 10.2. The minimum Gasteiger partial charge on any atom is -0.494 e. The predicted molar refractivity (Wildman–Crippen MR) is 90.3 cm³/mol. The fourth-order valence-corrected chi connectivity index (χ4v) is 3.27. The van der Waals surface area contributed by atoms with E-state index in [1.54, 1.807) is 13.2 Å². The molecule has 0 atom stereocenters. The van der Waals surface area contributed by atoms with Gasteiger partial charge in [-0.25, -0.2) is 4.98 Å². The number of anilines is 1. The van der Waals surface area contributed by atoms with Crippen molar-refractivity contribution in [2.24, 2.45) is 0 Å². The number of amides is 1. The smallest absolute Gasteiger partial charge is 0.293 e. The van der Waals surface area contributed by atoms with Crippen LogP contribution in [0.25, 0.3) is 21.2 Å². The Hall–Kier alpha value is -2.86. The first-order valence-electron chi connectivity index (χ1n) is 6.98. The third kappa shape index (κ3) is 2.43. The molecule has 5 nitrogen and oxygen atoms in total. The molecule has 4 rings (SSSR count). The number of para-hydroxylation sites is 2. The number of methoxy groups -OCH3 is 1. The number of carbonyl (C=O) groups excluding carboxylic acids is 1. The first-order chi connectivity index (χ1) is 11.2. The Balaban J connectivity index is 1.65. The second-order valence-electron chi connectivity index (χ2n) is 4.93. The van der Waals surface area contributed by atoms with E-state index in [0.29, 0.717) is 16.5 Å². The van der Waals surface area contributed by atoms with E-state index < -0.39 is 0 Å². The van der Waals surface area contributed by atoms with Crippen LogP contribution in [0.5, 0.6) is 5.75 Å². The zero-order valence-electron chi connectivity index (χ0n) is 12.2. The summed E-state index contributed by atoms with van der Waals surface area (Å²) in [5.41, 5.74) is 1.42. The zero-order chi connectivity index (χ0) is 15.8. The summed E-state index contributed by atoms with van der Waals surface area (Å²) in [6.45, 7) is 0. The average Bonchev–Trinajstić information content (AvgIpc) is 3.17. The Morgan fingerprint density at radius 1 is 1.22 bits per heavy atom. The molecular formula is C17H12N2O3S. The maximum absolute atomic E-state index is 12.3. The Kier molecular flexibility index (Phi) is 3.24. The van der Waals surface area contributed by atoms with Gasteiger partial charge in [0.1, 0.15) is 16.8 Å². The monoisotopic (exact) mass is 324 g/mol. The average molecular weight is 324 g/mol. The highest BCUT2D eigenvalue weighted by Crippen LogP contribution is 2.32. The maximum Gasteiger partial charge on any atom is 0.293 e. The Morgan fingerprint density at radius 3 is 2.91 bits per heavy atom. The van der Waals surface area contributed by atoms with Gasteiger partial charge in [0.15, 0.2) is 10.9 Å². The summed E-state index contributed by atoms with van der Waals surface area (Å²) in [6, 6.07) is 14.9. The van der Waals surface area contributed by atoms with Crippen molar-refractivity contribution in [2.75, 3.05) is 12.4 Å². The van der Waals surface area contributed by atoms with E-state index in [-0.39, 0.29) is 11.7 Å². The molecule has 23 heavy (non-hydrogen) atoms. The highest BCUT2D eigenvalue weighted by atomic mass is 32.1. The van der Waals surface area contributed by atoms with Gasteiger partial charge in [0.2, 0.25) is 0 Å².